The van der Waals surface area contributed by atoms with E-state index in [1.54, 1.807) is 25.3 Å². The Hall–Kier alpha value is -6.32. The Labute approximate surface area is 262 Å². The van der Waals surface area contributed by atoms with Gasteiger partial charge in [0.1, 0.15) is 29.1 Å². The smallest absolute Gasteiger partial charge is 0.416 e. The molecule has 5 heterocycles. The Kier molecular flexibility index (Phi) is 7.99. The van der Waals surface area contributed by atoms with E-state index in [1.807, 2.05) is 31.2 Å². The zero-order valence-electron chi connectivity index (χ0n) is 24.7. The Morgan fingerprint density at radius 3 is 2.47 bits per heavy atom. The second-order valence-electron chi connectivity index (χ2n) is 10.4. The maximum Gasteiger partial charge on any atom is 0.416 e. The van der Waals surface area contributed by atoms with Crippen LogP contribution in [-0.4, -0.2) is 49.7 Å². The molecule has 0 saturated heterocycles. The van der Waals surface area contributed by atoms with E-state index in [0.29, 0.717) is 28.1 Å². The first kappa shape index (κ1) is 30.7. The van der Waals surface area contributed by atoms with Crippen molar-refractivity contribution in [1.29, 1.82) is 0 Å². The number of aromatic hydroxyl groups is 1. The molecule has 16 heteroatoms. The number of fused-ring (bicyclic) bond motifs is 2. The monoisotopic (exact) mass is 642 g/mol. The Morgan fingerprint density at radius 2 is 1.79 bits per heavy atom. The van der Waals surface area contributed by atoms with Gasteiger partial charge in [-0.2, -0.15) is 18.3 Å². The number of phenolic OH excluding ortho intramolecular Hbond substituents is 1. The predicted molar refractivity (Wildman–Crippen MR) is 166 cm³/mol. The summed E-state index contributed by atoms with van der Waals surface area (Å²) in [7, 11) is 0. The minimum absolute atomic E-state index is 0.0323. The molecule has 0 radical (unpaired) electrons. The van der Waals surface area contributed by atoms with E-state index in [0.717, 1.165) is 23.8 Å². The number of halogens is 3. The molecule has 47 heavy (non-hydrogen) atoms. The van der Waals surface area contributed by atoms with Crippen LogP contribution >= 0.6 is 0 Å². The highest BCUT2D eigenvalue weighted by Crippen LogP contribution is 2.41. The first-order valence-corrected chi connectivity index (χ1v) is 14.0. The molecule has 0 amide bonds. The van der Waals surface area contributed by atoms with Gasteiger partial charge >= 0.3 is 6.18 Å². The summed E-state index contributed by atoms with van der Waals surface area (Å²) >= 11 is 0. The van der Waals surface area contributed by atoms with E-state index in [9.17, 15) is 27.9 Å². The molecule has 0 aliphatic rings. The van der Waals surface area contributed by atoms with Gasteiger partial charge in [0.2, 0.25) is 0 Å². The molecule has 238 valence electrons. The molecule has 7 rings (SSSR count). The maximum absolute atomic E-state index is 13.7. The Bertz CT molecular complexity index is 2310. The summed E-state index contributed by atoms with van der Waals surface area (Å²) < 4.78 is 43.4. The summed E-state index contributed by atoms with van der Waals surface area (Å²) in [4.78, 5) is 35.3. The molecule has 0 bridgehead atoms. The van der Waals surface area contributed by atoms with Gasteiger partial charge in [0.05, 0.1) is 28.9 Å². The number of hydrogen-bond donors (Lipinski definition) is 4. The molecule has 5 aromatic heterocycles. The summed E-state index contributed by atoms with van der Waals surface area (Å²) in [6, 6.07) is 14.3. The number of phenols is 1. The van der Waals surface area contributed by atoms with Crippen LogP contribution < -0.4 is 16.4 Å². The van der Waals surface area contributed by atoms with Crippen molar-refractivity contribution in [2.45, 2.75) is 26.1 Å². The summed E-state index contributed by atoms with van der Waals surface area (Å²) in [5.74, 6) is 0.332. The number of nitrogens with zero attached hydrogens (tertiary/aromatic N) is 7. The fourth-order valence-electron chi connectivity index (χ4n) is 5.07. The van der Waals surface area contributed by atoms with Gasteiger partial charge in [0.15, 0.2) is 5.82 Å². The molecule has 0 saturated carbocycles. The molecule has 2 aromatic carbocycles. The van der Waals surface area contributed by atoms with Gasteiger partial charge in [-0.15, -0.1) is 5.10 Å². The average molecular weight is 643 g/mol. The number of para-hydroxylation sites is 1. The lowest BCUT2D eigenvalue weighted by Crippen LogP contribution is -2.29. The Morgan fingerprint density at radius 1 is 1.00 bits per heavy atom. The SMILES string of the molecule is Cc1ccn2nc([C@H](C)Nc3ncnc4[nH]cc(-c5cc(C(F)(F)F)ccc5O)c34)n(-c3ccccc3)c(=O)c12.O=c1ccnn[nH]1. The van der Waals surface area contributed by atoms with E-state index in [4.69, 9.17) is 5.10 Å². The molecule has 1 atom stereocenters. The zero-order chi connectivity index (χ0) is 33.3. The third-order valence-electron chi connectivity index (χ3n) is 7.26. The minimum atomic E-state index is -4.59. The largest absolute Gasteiger partial charge is 0.507 e. The summed E-state index contributed by atoms with van der Waals surface area (Å²) in [5, 5.41) is 27.5. The lowest BCUT2D eigenvalue weighted by molar-refractivity contribution is -0.137. The predicted octanol–water partition coefficient (Wildman–Crippen LogP) is 4.79. The second kappa shape index (κ2) is 12.2. The molecular formula is C31H25F3N10O3. The highest BCUT2D eigenvalue weighted by atomic mass is 19.4. The molecule has 0 fully saturated rings. The number of aromatic amines is 2. The number of benzene rings is 2. The second-order valence-corrected chi connectivity index (χ2v) is 10.4. The molecule has 0 aliphatic heterocycles. The van der Waals surface area contributed by atoms with E-state index in [1.165, 1.54) is 33.9 Å². The van der Waals surface area contributed by atoms with Crippen LogP contribution in [0.3, 0.4) is 0 Å². The van der Waals surface area contributed by atoms with Crippen LogP contribution in [0, 0.1) is 6.92 Å². The van der Waals surface area contributed by atoms with Gasteiger partial charge in [-0.3, -0.25) is 14.2 Å². The molecule has 7 aromatic rings. The molecule has 4 N–H and O–H groups in total. The van der Waals surface area contributed by atoms with E-state index in [-0.39, 0.29) is 33.8 Å². The van der Waals surface area contributed by atoms with Crippen LogP contribution in [0.25, 0.3) is 33.4 Å². The summed E-state index contributed by atoms with van der Waals surface area (Å²) in [6.45, 7) is 3.63. The first-order chi connectivity index (χ1) is 22.5. The van der Waals surface area contributed by atoms with Gasteiger partial charge in [0.25, 0.3) is 11.1 Å². The van der Waals surface area contributed by atoms with E-state index >= 15 is 0 Å². The minimum Gasteiger partial charge on any atom is -0.507 e. The maximum atomic E-state index is 13.7. The van der Waals surface area contributed by atoms with Crippen molar-refractivity contribution < 1.29 is 18.3 Å². The van der Waals surface area contributed by atoms with E-state index in [2.05, 4.69) is 35.7 Å². The topological polar surface area (TPSA) is 172 Å². The van der Waals surface area contributed by atoms with Crippen molar-refractivity contribution in [1.82, 2.24) is 44.5 Å². The van der Waals surface area contributed by atoms with Crippen LogP contribution in [0.5, 0.6) is 5.75 Å². The van der Waals surface area contributed by atoms with Gasteiger partial charge in [-0.05, 0) is 55.8 Å². The number of hydrogen-bond acceptors (Lipinski definition) is 9. The van der Waals surface area contributed by atoms with Crippen molar-refractivity contribution in [3.05, 3.63) is 123 Å². The number of rotatable bonds is 5. The lowest BCUT2D eigenvalue weighted by atomic mass is 10.0. The van der Waals surface area contributed by atoms with Crippen LogP contribution in [0.1, 0.15) is 29.9 Å². The number of aromatic nitrogens is 9. The van der Waals surface area contributed by atoms with Crippen LogP contribution in [0.4, 0.5) is 19.0 Å². The fraction of sp³-hybridized carbons (Fsp3) is 0.129. The van der Waals surface area contributed by atoms with Gasteiger partial charge < -0.3 is 15.4 Å². The molecule has 13 nitrogen and oxygen atoms in total. The van der Waals surface area contributed by atoms with Crippen LogP contribution in [0.2, 0.25) is 0 Å². The molecule has 0 unspecified atom stereocenters. The lowest BCUT2D eigenvalue weighted by Gasteiger charge is -2.20. The van der Waals surface area contributed by atoms with Crippen molar-refractivity contribution in [2.75, 3.05) is 5.32 Å². The molecule has 0 aliphatic carbocycles. The van der Waals surface area contributed by atoms with Gasteiger partial charge in [-0.1, -0.05) is 23.4 Å². The number of nitrogens with one attached hydrogen (secondary N) is 3. The number of aryl methyl sites for hydroxylation is 1. The normalized spacial score (nSPS) is 12.1. The van der Waals surface area contributed by atoms with Crippen molar-refractivity contribution in [2.24, 2.45) is 0 Å². The fourth-order valence-corrected chi connectivity index (χ4v) is 5.07. The average Bonchev–Trinajstić information content (AvgIpc) is 3.66. The first-order valence-electron chi connectivity index (χ1n) is 14.0. The molecule has 0 spiro atoms. The number of H-pyrrole nitrogens is 2. The highest BCUT2D eigenvalue weighted by molar-refractivity contribution is 6.02. The third kappa shape index (κ3) is 6.03. The number of anilines is 1. The van der Waals surface area contributed by atoms with Crippen molar-refractivity contribution in [3.8, 4) is 22.6 Å². The zero-order valence-corrected chi connectivity index (χ0v) is 24.7. The van der Waals surface area contributed by atoms with Gasteiger partial charge in [-0.25, -0.2) is 19.6 Å². The molecular weight excluding hydrogens is 617 g/mol. The van der Waals surface area contributed by atoms with Crippen molar-refractivity contribution in [3.63, 3.8) is 0 Å². The summed E-state index contributed by atoms with van der Waals surface area (Å²) in [6.07, 6.45) is 1.22. The standard InChI is InChI=1S/C28H22F3N7O2.C3H3N3O/c1-15-10-11-37-23(15)27(40)38(18-6-4-3-5-7-18)26(36-37)16(2)35-25-22-20(13-32-24(22)33-14-34-25)19-12-17(28(29,30)31)8-9-21(19)39;7-3-1-2-4-6-5-3/h3-14,16,39H,1-2H3,(H2,32,33,34,35);1-2H,(H,4,5,7)/t16-;/m0./s1. The van der Waals surface area contributed by atoms with Crippen LogP contribution in [-0.2, 0) is 6.18 Å². The number of alkyl halides is 3. The van der Waals surface area contributed by atoms with Crippen molar-refractivity contribution >= 4 is 22.4 Å². The summed E-state index contributed by atoms with van der Waals surface area (Å²) in [5.41, 5.74) is 1.06. The quantitative estimate of drug-likeness (QED) is 0.206. The third-order valence-corrected chi connectivity index (χ3v) is 7.26. The van der Waals surface area contributed by atoms with E-state index < -0.39 is 17.8 Å². The van der Waals surface area contributed by atoms with Crippen LogP contribution in [0.15, 0.2) is 95.2 Å². The van der Waals surface area contributed by atoms with Gasteiger partial charge in [0, 0.05) is 29.6 Å². The Balaban J connectivity index is 0.000000491. The highest BCUT2D eigenvalue weighted by Gasteiger charge is 2.32.